The van der Waals surface area contributed by atoms with E-state index in [1.54, 1.807) is 7.11 Å². The van der Waals surface area contributed by atoms with E-state index in [4.69, 9.17) is 4.74 Å². The smallest absolute Gasteiger partial charge is 0.129 e. The van der Waals surface area contributed by atoms with E-state index in [1.807, 2.05) is 39.0 Å². The standard InChI is InChI=1S/C12H14N2O.C2H6/c1-4-12-13-8(2)10-6-5-9(15-3)7-11(10)14-12;1-2/h5-7H,4H2,1-3H3;1-2H3. The summed E-state index contributed by atoms with van der Waals surface area (Å²) in [6.45, 7) is 8.07. The maximum Gasteiger partial charge on any atom is 0.129 e. The van der Waals surface area contributed by atoms with E-state index in [2.05, 4.69) is 16.9 Å². The molecule has 3 heteroatoms. The summed E-state index contributed by atoms with van der Waals surface area (Å²) in [5, 5.41) is 1.09. The van der Waals surface area contributed by atoms with E-state index >= 15 is 0 Å². The Kier molecular flexibility index (Phi) is 4.88. The van der Waals surface area contributed by atoms with Crippen molar-refractivity contribution < 1.29 is 4.74 Å². The molecule has 0 N–H and O–H groups in total. The molecule has 0 unspecified atom stereocenters. The van der Waals surface area contributed by atoms with Gasteiger partial charge in [0.15, 0.2) is 0 Å². The van der Waals surface area contributed by atoms with Crippen LogP contribution in [0.15, 0.2) is 18.2 Å². The Morgan fingerprint density at radius 1 is 1.18 bits per heavy atom. The summed E-state index contributed by atoms with van der Waals surface area (Å²) < 4.78 is 5.18. The molecule has 0 radical (unpaired) electrons. The first-order valence-electron chi connectivity index (χ1n) is 6.06. The average molecular weight is 232 g/mol. The quantitative estimate of drug-likeness (QED) is 0.794. The van der Waals surface area contributed by atoms with Crippen molar-refractivity contribution in [2.75, 3.05) is 7.11 Å². The SMILES string of the molecule is CC.CCc1nc(C)c2ccc(OC)cc2n1. The first-order valence-corrected chi connectivity index (χ1v) is 6.06. The van der Waals surface area contributed by atoms with E-state index in [0.717, 1.165) is 34.6 Å². The lowest BCUT2D eigenvalue weighted by molar-refractivity contribution is 0.415. The van der Waals surface area contributed by atoms with Gasteiger partial charge < -0.3 is 4.74 Å². The number of hydrogen-bond acceptors (Lipinski definition) is 3. The fourth-order valence-electron chi connectivity index (χ4n) is 1.61. The number of benzene rings is 1. The molecule has 1 aromatic heterocycles. The van der Waals surface area contributed by atoms with E-state index in [1.165, 1.54) is 0 Å². The maximum absolute atomic E-state index is 5.18. The monoisotopic (exact) mass is 232 g/mol. The van der Waals surface area contributed by atoms with Crippen molar-refractivity contribution in [2.45, 2.75) is 34.1 Å². The van der Waals surface area contributed by atoms with Crippen molar-refractivity contribution in [3.8, 4) is 5.75 Å². The van der Waals surface area contributed by atoms with Crippen LogP contribution in [0.5, 0.6) is 5.75 Å². The molecule has 0 fully saturated rings. The van der Waals surface area contributed by atoms with Crippen LogP contribution < -0.4 is 4.74 Å². The van der Waals surface area contributed by atoms with Crippen LogP contribution in [-0.4, -0.2) is 17.1 Å². The minimum absolute atomic E-state index is 0.836. The molecular formula is C14H20N2O. The van der Waals surface area contributed by atoms with Crippen molar-refractivity contribution in [2.24, 2.45) is 0 Å². The van der Waals surface area contributed by atoms with Gasteiger partial charge >= 0.3 is 0 Å². The zero-order valence-corrected chi connectivity index (χ0v) is 11.2. The highest BCUT2D eigenvalue weighted by Crippen LogP contribution is 2.21. The van der Waals surface area contributed by atoms with E-state index < -0.39 is 0 Å². The summed E-state index contributed by atoms with van der Waals surface area (Å²) in [5.74, 6) is 1.72. The predicted molar refractivity (Wildman–Crippen MR) is 71.6 cm³/mol. The van der Waals surface area contributed by atoms with E-state index in [9.17, 15) is 0 Å². The van der Waals surface area contributed by atoms with Crippen LogP contribution in [0.2, 0.25) is 0 Å². The van der Waals surface area contributed by atoms with Crippen LogP contribution in [0.1, 0.15) is 32.3 Å². The minimum Gasteiger partial charge on any atom is -0.497 e. The van der Waals surface area contributed by atoms with Gasteiger partial charge in [-0.2, -0.15) is 0 Å². The first kappa shape index (κ1) is 13.4. The predicted octanol–water partition coefficient (Wildman–Crippen LogP) is 3.54. The number of ether oxygens (including phenoxy) is 1. The lowest BCUT2D eigenvalue weighted by Gasteiger charge is -2.05. The normalized spacial score (nSPS) is 9.71. The number of aryl methyl sites for hydroxylation is 2. The van der Waals surface area contributed by atoms with Gasteiger partial charge in [0.05, 0.1) is 12.6 Å². The zero-order valence-electron chi connectivity index (χ0n) is 11.2. The molecule has 0 saturated carbocycles. The van der Waals surface area contributed by atoms with E-state index in [-0.39, 0.29) is 0 Å². The third-order valence-electron chi connectivity index (χ3n) is 2.46. The molecule has 0 aliphatic carbocycles. The van der Waals surface area contributed by atoms with Crippen molar-refractivity contribution >= 4 is 10.9 Å². The second-order valence-corrected chi connectivity index (χ2v) is 3.46. The van der Waals surface area contributed by atoms with Crippen molar-refractivity contribution in [1.29, 1.82) is 0 Å². The van der Waals surface area contributed by atoms with Crippen molar-refractivity contribution in [3.63, 3.8) is 0 Å². The number of aromatic nitrogens is 2. The lowest BCUT2D eigenvalue weighted by atomic mass is 10.2. The molecule has 2 aromatic rings. The van der Waals surface area contributed by atoms with Crippen LogP contribution in [0.4, 0.5) is 0 Å². The highest BCUT2D eigenvalue weighted by atomic mass is 16.5. The molecule has 0 spiro atoms. The zero-order chi connectivity index (χ0) is 12.8. The Morgan fingerprint density at radius 2 is 1.88 bits per heavy atom. The molecule has 0 atom stereocenters. The summed E-state index contributed by atoms with van der Waals surface area (Å²) in [6.07, 6.45) is 0.855. The molecule has 1 heterocycles. The molecule has 1 aromatic carbocycles. The number of nitrogens with zero attached hydrogens (tertiary/aromatic N) is 2. The average Bonchev–Trinajstić information content (AvgIpc) is 2.40. The van der Waals surface area contributed by atoms with Gasteiger partial charge in [-0.3, -0.25) is 0 Å². The molecule has 17 heavy (non-hydrogen) atoms. The third kappa shape index (κ3) is 2.93. The van der Waals surface area contributed by atoms with Gasteiger partial charge in [0.25, 0.3) is 0 Å². The molecule has 92 valence electrons. The molecule has 2 rings (SSSR count). The van der Waals surface area contributed by atoms with Crippen LogP contribution in [-0.2, 0) is 6.42 Å². The number of hydrogen-bond donors (Lipinski definition) is 0. The van der Waals surface area contributed by atoms with Gasteiger partial charge in [-0.05, 0) is 19.1 Å². The van der Waals surface area contributed by atoms with E-state index in [0.29, 0.717) is 0 Å². The Morgan fingerprint density at radius 3 is 2.47 bits per heavy atom. The third-order valence-corrected chi connectivity index (χ3v) is 2.46. The first-order chi connectivity index (χ1) is 8.24. The van der Waals surface area contributed by atoms with Gasteiger partial charge in [0, 0.05) is 23.6 Å². The van der Waals surface area contributed by atoms with Crippen molar-refractivity contribution in [1.82, 2.24) is 9.97 Å². The Hall–Kier alpha value is -1.64. The molecular weight excluding hydrogens is 212 g/mol. The summed E-state index contributed by atoms with van der Waals surface area (Å²) in [6, 6.07) is 5.89. The minimum atomic E-state index is 0.836. The highest BCUT2D eigenvalue weighted by molar-refractivity contribution is 5.82. The Bertz CT molecular complexity index is 490. The van der Waals surface area contributed by atoms with Crippen LogP contribution in [0.25, 0.3) is 10.9 Å². The van der Waals surface area contributed by atoms with Crippen LogP contribution in [0.3, 0.4) is 0 Å². The summed E-state index contributed by atoms with van der Waals surface area (Å²) >= 11 is 0. The van der Waals surface area contributed by atoms with Crippen LogP contribution in [0, 0.1) is 6.92 Å². The summed E-state index contributed by atoms with van der Waals surface area (Å²) in [7, 11) is 1.66. The van der Waals surface area contributed by atoms with Crippen LogP contribution >= 0.6 is 0 Å². The lowest BCUT2D eigenvalue weighted by Crippen LogP contribution is -1.97. The van der Waals surface area contributed by atoms with Gasteiger partial charge in [-0.25, -0.2) is 9.97 Å². The summed E-state index contributed by atoms with van der Waals surface area (Å²) in [5.41, 5.74) is 1.98. The van der Waals surface area contributed by atoms with Crippen molar-refractivity contribution in [3.05, 3.63) is 29.7 Å². The Labute approximate surface area is 103 Å². The fraction of sp³-hybridized carbons (Fsp3) is 0.429. The second kappa shape index (κ2) is 6.18. The maximum atomic E-state index is 5.18. The molecule has 0 amide bonds. The molecule has 0 aliphatic rings. The molecule has 0 saturated heterocycles. The molecule has 3 nitrogen and oxygen atoms in total. The van der Waals surface area contributed by atoms with Gasteiger partial charge in [0.1, 0.15) is 11.6 Å². The second-order valence-electron chi connectivity index (χ2n) is 3.46. The Balaban J connectivity index is 0.000000686. The van der Waals surface area contributed by atoms with Gasteiger partial charge in [-0.15, -0.1) is 0 Å². The van der Waals surface area contributed by atoms with Gasteiger partial charge in [-0.1, -0.05) is 20.8 Å². The highest BCUT2D eigenvalue weighted by Gasteiger charge is 2.04. The number of fused-ring (bicyclic) bond motifs is 1. The number of methoxy groups -OCH3 is 1. The van der Waals surface area contributed by atoms with Gasteiger partial charge in [0.2, 0.25) is 0 Å². The summed E-state index contributed by atoms with van der Waals surface area (Å²) in [4.78, 5) is 8.90. The number of rotatable bonds is 2. The molecule has 0 aliphatic heterocycles. The largest absolute Gasteiger partial charge is 0.497 e. The topological polar surface area (TPSA) is 35.0 Å². The fourth-order valence-corrected chi connectivity index (χ4v) is 1.61. The molecule has 0 bridgehead atoms.